The van der Waals surface area contributed by atoms with Crippen LogP contribution in [0.1, 0.15) is 67.7 Å². The molecule has 0 heteroatoms. The molecule has 0 aliphatic rings. The highest BCUT2D eigenvalue weighted by molar-refractivity contribution is 4.74. The van der Waals surface area contributed by atoms with Gasteiger partial charge in [-0.1, -0.05) is 54.9 Å². The van der Waals surface area contributed by atoms with Crippen molar-refractivity contribution in [1.29, 1.82) is 0 Å². The number of hydrogen-bond acceptors (Lipinski definition) is 0. The van der Waals surface area contributed by atoms with Crippen LogP contribution in [0.3, 0.4) is 0 Å². The molecule has 0 N–H and O–H groups in total. The Kier molecular flexibility index (Phi) is 4.48. The van der Waals surface area contributed by atoms with Gasteiger partial charge in [0, 0.05) is 0 Å². The third-order valence-electron chi connectivity index (χ3n) is 3.69. The molecule has 0 heterocycles. The van der Waals surface area contributed by atoms with E-state index in [1.807, 2.05) is 0 Å². The largest absolute Gasteiger partial charge is 0.0649 e. The van der Waals surface area contributed by atoms with Crippen molar-refractivity contribution < 1.29 is 0 Å². The van der Waals surface area contributed by atoms with Gasteiger partial charge in [-0.05, 0) is 29.6 Å². The third-order valence-corrected chi connectivity index (χ3v) is 3.69. The van der Waals surface area contributed by atoms with Gasteiger partial charge in [-0.3, -0.25) is 0 Å². The van der Waals surface area contributed by atoms with Crippen molar-refractivity contribution in [2.75, 3.05) is 0 Å². The summed E-state index contributed by atoms with van der Waals surface area (Å²) in [7, 11) is 0. The fourth-order valence-corrected chi connectivity index (χ4v) is 1.22. The molecule has 0 amide bonds. The standard InChI is InChI=1S/C13H28/c1-8-13(6,7)10-9-11(2)12(3,4)5/h11H,8-10H2,1-7H3. The topological polar surface area (TPSA) is 0 Å². The number of hydrogen-bond donors (Lipinski definition) is 0. The summed E-state index contributed by atoms with van der Waals surface area (Å²) in [4.78, 5) is 0. The molecule has 1 unspecified atom stereocenters. The molecule has 13 heavy (non-hydrogen) atoms. The first-order valence-corrected chi connectivity index (χ1v) is 5.69. The fraction of sp³-hybridized carbons (Fsp3) is 1.00. The van der Waals surface area contributed by atoms with Gasteiger partial charge >= 0.3 is 0 Å². The van der Waals surface area contributed by atoms with Crippen molar-refractivity contribution in [3.63, 3.8) is 0 Å². The molecule has 0 nitrogen and oxygen atoms in total. The summed E-state index contributed by atoms with van der Waals surface area (Å²) < 4.78 is 0. The van der Waals surface area contributed by atoms with Gasteiger partial charge in [0.05, 0.1) is 0 Å². The highest BCUT2D eigenvalue weighted by Crippen LogP contribution is 2.34. The Morgan fingerprint density at radius 2 is 1.46 bits per heavy atom. The second kappa shape index (κ2) is 4.48. The van der Waals surface area contributed by atoms with Crippen molar-refractivity contribution >= 4 is 0 Å². The molecule has 0 saturated heterocycles. The van der Waals surface area contributed by atoms with E-state index in [1.165, 1.54) is 19.3 Å². The second-order valence-electron chi connectivity index (χ2n) is 6.32. The molecule has 0 aromatic carbocycles. The maximum atomic E-state index is 2.38. The van der Waals surface area contributed by atoms with Gasteiger partial charge in [-0.2, -0.15) is 0 Å². The first-order chi connectivity index (χ1) is 5.69. The molecule has 0 bridgehead atoms. The van der Waals surface area contributed by atoms with Gasteiger partial charge in [0.2, 0.25) is 0 Å². The zero-order valence-corrected chi connectivity index (χ0v) is 10.7. The summed E-state index contributed by atoms with van der Waals surface area (Å²) in [6, 6.07) is 0. The van der Waals surface area contributed by atoms with Gasteiger partial charge in [0.1, 0.15) is 0 Å². The lowest BCUT2D eigenvalue weighted by Crippen LogP contribution is -2.20. The van der Waals surface area contributed by atoms with Crippen LogP contribution in [-0.4, -0.2) is 0 Å². The van der Waals surface area contributed by atoms with Crippen molar-refractivity contribution in [3.8, 4) is 0 Å². The van der Waals surface area contributed by atoms with Crippen LogP contribution in [0, 0.1) is 16.7 Å². The maximum absolute atomic E-state index is 2.38. The van der Waals surface area contributed by atoms with E-state index in [-0.39, 0.29) is 0 Å². The van der Waals surface area contributed by atoms with E-state index in [1.54, 1.807) is 0 Å². The Morgan fingerprint density at radius 3 is 1.77 bits per heavy atom. The predicted molar refractivity (Wildman–Crippen MR) is 61.9 cm³/mol. The van der Waals surface area contributed by atoms with Crippen LogP contribution in [0.5, 0.6) is 0 Å². The van der Waals surface area contributed by atoms with E-state index in [2.05, 4.69) is 48.5 Å². The molecule has 0 saturated carbocycles. The van der Waals surface area contributed by atoms with E-state index in [4.69, 9.17) is 0 Å². The number of rotatable bonds is 4. The summed E-state index contributed by atoms with van der Waals surface area (Å²) >= 11 is 0. The Morgan fingerprint density at radius 1 is 1.00 bits per heavy atom. The summed E-state index contributed by atoms with van der Waals surface area (Å²) in [6.07, 6.45) is 4.02. The molecule has 0 aromatic heterocycles. The lowest BCUT2D eigenvalue weighted by molar-refractivity contribution is 0.203. The van der Waals surface area contributed by atoms with Crippen LogP contribution in [0.15, 0.2) is 0 Å². The van der Waals surface area contributed by atoms with Crippen LogP contribution in [0.4, 0.5) is 0 Å². The van der Waals surface area contributed by atoms with Crippen molar-refractivity contribution in [2.45, 2.75) is 67.7 Å². The van der Waals surface area contributed by atoms with E-state index in [0.29, 0.717) is 10.8 Å². The lowest BCUT2D eigenvalue weighted by atomic mass is 9.75. The molecule has 0 radical (unpaired) electrons. The van der Waals surface area contributed by atoms with Crippen LogP contribution in [-0.2, 0) is 0 Å². The summed E-state index contributed by atoms with van der Waals surface area (Å²) in [5.41, 5.74) is 1.02. The minimum Gasteiger partial charge on any atom is -0.0649 e. The van der Waals surface area contributed by atoms with Crippen LogP contribution >= 0.6 is 0 Å². The average Bonchev–Trinajstić information content (AvgIpc) is 1.98. The van der Waals surface area contributed by atoms with E-state index < -0.39 is 0 Å². The third kappa shape index (κ3) is 5.33. The van der Waals surface area contributed by atoms with E-state index in [9.17, 15) is 0 Å². The first-order valence-electron chi connectivity index (χ1n) is 5.69. The molecule has 0 aliphatic heterocycles. The molecule has 0 fully saturated rings. The van der Waals surface area contributed by atoms with Crippen LogP contribution in [0.25, 0.3) is 0 Å². The highest BCUT2D eigenvalue weighted by atomic mass is 14.3. The maximum Gasteiger partial charge on any atom is -0.0357 e. The smallest absolute Gasteiger partial charge is 0.0357 e. The lowest BCUT2D eigenvalue weighted by Gasteiger charge is -2.31. The normalized spacial score (nSPS) is 15.9. The highest BCUT2D eigenvalue weighted by Gasteiger charge is 2.23. The molecule has 0 spiro atoms. The Labute approximate surface area is 85.1 Å². The summed E-state index contributed by atoms with van der Waals surface area (Å²) in [5.74, 6) is 0.832. The zero-order chi connectivity index (χ0) is 10.7. The van der Waals surface area contributed by atoms with Gasteiger partial charge in [0.15, 0.2) is 0 Å². The zero-order valence-electron chi connectivity index (χ0n) is 10.7. The minimum absolute atomic E-state index is 0.476. The SMILES string of the molecule is CCC(C)(C)CCC(C)C(C)(C)C. The van der Waals surface area contributed by atoms with Crippen molar-refractivity contribution in [2.24, 2.45) is 16.7 Å². The van der Waals surface area contributed by atoms with Gasteiger partial charge in [-0.25, -0.2) is 0 Å². The van der Waals surface area contributed by atoms with Crippen LogP contribution < -0.4 is 0 Å². The molecule has 1 atom stereocenters. The Balaban J connectivity index is 3.90. The fourth-order valence-electron chi connectivity index (χ4n) is 1.22. The molecule has 0 aliphatic carbocycles. The first kappa shape index (κ1) is 13.0. The molecule has 0 rings (SSSR count). The van der Waals surface area contributed by atoms with E-state index in [0.717, 1.165) is 5.92 Å². The van der Waals surface area contributed by atoms with Crippen molar-refractivity contribution in [3.05, 3.63) is 0 Å². The second-order valence-corrected chi connectivity index (χ2v) is 6.32. The predicted octanol–water partition coefficient (Wildman–Crippen LogP) is 4.89. The van der Waals surface area contributed by atoms with Crippen LogP contribution in [0.2, 0.25) is 0 Å². The summed E-state index contributed by atoms with van der Waals surface area (Å²) in [6.45, 7) is 16.5. The minimum atomic E-state index is 0.476. The van der Waals surface area contributed by atoms with Gasteiger partial charge in [-0.15, -0.1) is 0 Å². The van der Waals surface area contributed by atoms with E-state index >= 15 is 0 Å². The Bertz CT molecular complexity index is 137. The van der Waals surface area contributed by atoms with Gasteiger partial charge in [0.25, 0.3) is 0 Å². The van der Waals surface area contributed by atoms with Gasteiger partial charge < -0.3 is 0 Å². The monoisotopic (exact) mass is 184 g/mol. The molecule has 0 aromatic rings. The molecule has 80 valence electrons. The summed E-state index contributed by atoms with van der Waals surface area (Å²) in [5, 5.41) is 0. The molecular formula is C13H28. The quantitative estimate of drug-likeness (QED) is 0.584. The molecular weight excluding hydrogens is 156 g/mol. The Hall–Kier alpha value is 0. The average molecular weight is 184 g/mol. The van der Waals surface area contributed by atoms with Crippen molar-refractivity contribution in [1.82, 2.24) is 0 Å².